The van der Waals surface area contributed by atoms with Gasteiger partial charge in [0.2, 0.25) is 18.1 Å². The standard InChI is InChI=1S/C33H35N5O3/c1-33(2,3)36-32(40)38-15-14-26-25(22-10-7-11-23(16-22)30-35-20-41-37-30)13-12-24(29(26)19-38)18-34-31(39)28-17-27(28)21-8-5-4-6-9-21/h4-13,16,20,27-28H,14-15,17-19H2,1-3H3,(H,34,39)(H,36,40)/t27-,28+/m1/s1. The number of benzene rings is 3. The molecule has 8 heteroatoms. The fraction of sp³-hybridized carbons (Fsp3) is 0.333. The van der Waals surface area contributed by atoms with Crippen molar-refractivity contribution in [2.45, 2.75) is 58.2 Å². The van der Waals surface area contributed by atoms with Crippen molar-refractivity contribution in [2.75, 3.05) is 6.54 Å². The van der Waals surface area contributed by atoms with Crippen LogP contribution in [0.4, 0.5) is 4.79 Å². The molecule has 2 atom stereocenters. The van der Waals surface area contributed by atoms with Gasteiger partial charge in [0.25, 0.3) is 0 Å². The number of aromatic nitrogens is 2. The van der Waals surface area contributed by atoms with Crippen LogP contribution in [0.1, 0.15) is 55.4 Å². The fourth-order valence-corrected chi connectivity index (χ4v) is 5.74. The van der Waals surface area contributed by atoms with Crippen LogP contribution < -0.4 is 10.6 Å². The van der Waals surface area contributed by atoms with Gasteiger partial charge in [-0.15, -0.1) is 0 Å². The summed E-state index contributed by atoms with van der Waals surface area (Å²) in [5.41, 5.74) is 7.27. The van der Waals surface area contributed by atoms with Crippen molar-refractivity contribution in [1.82, 2.24) is 25.7 Å². The van der Waals surface area contributed by atoms with Gasteiger partial charge in [0, 0.05) is 36.7 Å². The first-order chi connectivity index (χ1) is 19.8. The molecule has 2 aliphatic rings. The first-order valence-electron chi connectivity index (χ1n) is 14.2. The highest BCUT2D eigenvalue weighted by molar-refractivity contribution is 5.83. The third-order valence-electron chi connectivity index (χ3n) is 7.88. The van der Waals surface area contributed by atoms with Crippen molar-refractivity contribution in [2.24, 2.45) is 5.92 Å². The predicted octanol–water partition coefficient (Wildman–Crippen LogP) is 5.69. The molecule has 8 nitrogen and oxygen atoms in total. The average Bonchev–Trinajstić information content (AvgIpc) is 3.59. The maximum Gasteiger partial charge on any atom is 0.318 e. The van der Waals surface area contributed by atoms with E-state index in [9.17, 15) is 9.59 Å². The smallest absolute Gasteiger partial charge is 0.318 e. The summed E-state index contributed by atoms with van der Waals surface area (Å²) in [6.07, 6.45) is 2.92. The number of amides is 3. The molecule has 0 unspecified atom stereocenters. The molecule has 210 valence electrons. The summed E-state index contributed by atoms with van der Waals surface area (Å²) in [6.45, 7) is 7.48. The molecule has 1 saturated carbocycles. The van der Waals surface area contributed by atoms with Gasteiger partial charge in [-0.1, -0.05) is 65.8 Å². The van der Waals surface area contributed by atoms with Crippen LogP contribution >= 0.6 is 0 Å². The highest BCUT2D eigenvalue weighted by Gasteiger charge is 2.43. The van der Waals surface area contributed by atoms with E-state index < -0.39 is 0 Å². The van der Waals surface area contributed by atoms with Gasteiger partial charge >= 0.3 is 6.03 Å². The Bertz CT molecular complexity index is 1560. The van der Waals surface area contributed by atoms with Crippen molar-refractivity contribution in [1.29, 1.82) is 0 Å². The number of nitrogens with one attached hydrogen (secondary N) is 2. The van der Waals surface area contributed by atoms with Crippen LogP contribution in [0.3, 0.4) is 0 Å². The molecule has 0 saturated heterocycles. The summed E-state index contributed by atoms with van der Waals surface area (Å²) in [4.78, 5) is 32.3. The minimum Gasteiger partial charge on any atom is -0.352 e. The topological polar surface area (TPSA) is 100 Å². The van der Waals surface area contributed by atoms with Crippen LogP contribution in [0, 0.1) is 5.92 Å². The monoisotopic (exact) mass is 549 g/mol. The number of carbonyl (C=O) groups excluding carboxylic acids is 2. The molecule has 3 amide bonds. The Kier molecular flexibility index (Phi) is 7.07. The third kappa shape index (κ3) is 5.87. The molecule has 1 fully saturated rings. The Morgan fingerprint density at radius 3 is 2.56 bits per heavy atom. The molecule has 0 spiro atoms. The van der Waals surface area contributed by atoms with Crippen LogP contribution in [0.5, 0.6) is 0 Å². The summed E-state index contributed by atoms with van der Waals surface area (Å²) in [6, 6.07) is 22.5. The minimum absolute atomic E-state index is 0.00874. The summed E-state index contributed by atoms with van der Waals surface area (Å²) in [5, 5.41) is 10.3. The number of nitrogens with zero attached hydrogens (tertiary/aromatic N) is 3. The van der Waals surface area contributed by atoms with Crippen LogP contribution in [0.15, 0.2) is 77.6 Å². The number of rotatable bonds is 6. The zero-order chi connectivity index (χ0) is 28.6. The molecular weight excluding hydrogens is 514 g/mol. The third-order valence-corrected chi connectivity index (χ3v) is 7.88. The zero-order valence-corrected chi connectivity index (χ0v) is 23.7. The van der Waals surface area contributed by atoms with E-state index in [0.29, 0.717) is 25.5 Å². The van der Waals surface area contributed by atoms with E-state index in [-0.39, 0.29) is 29.3 Å². The Labute approximate surface area is 240 Å². The molecule has 2 heterocycles. The number of fused-ring (bicyclic) bond motifs is 1. The highest BCUT2D eigenvalue weighted by atomic mass is 16.5. The van der Waals surface area contributed by atoms with E-state index >= 15 is 0 Å². The van der Waals surface area contributed by atoms with Gasteiger partial charge < -0.3 is 20.1 Å². The van der Waals surface area contributed by atoms with Gasteiger partial charge in [-0.25, -0.2) is 4.79 Å². The Hall–Kier alpha value is -4.46. The van der Waals surface area contributed by atoms with Gasteiger partial charge in [0.1, 0.15) is 0 Å². The molecule has 4 aromatic rings. The molecule has 41 heavy (non-hydrogen) atoms. The van der Waals surface area contributed by atoms with Crippen molar-refractivity contribution in [3.63, 3.8) is 0 Å². The normalized spacial score (nSPS) is 18.0. The zero-order valence-electron chi connectivity index (χ0n) is 23.7. The highest BCUT2D eigenvalue weighted by Crippen LogP contribution is 2.47. The molecule has 0 bridgehead atoms. The molecule has 1 aliphatic heterocycles. The molecule has 6 rings (SSSR count). The van der Waals surface area contributed by atoms with Crippen LogP contribution in [-0.2, 0) is 24.3 Å². The molecule has 3 aromatic carbocycles. The lowest BCUT2D eigenvalue weighted by Gasteiger charge is -2.34. The maximum absolute atomic E-state index is 13.1. The van der Waals surface area contributed by atoms with E-state index in [1.165, 1.54) is 17.5 Å². The van der Waals surface area contributed by atoms with E-state index in [4.69, 9.17) is 4.52 Å². The van der Waals surface area contributed by atoms with Crippen LogP contribution in [0.25, 0.3) is 22.5 Å². The second-order valence-electron chi connectivity index (χ2n) is 12.0. The Morgan fingerprint density at radius 2 is 1.80 bits per heavy atom. The van der Waals surface area contributed by atoms with Crippen molar-refractivity contribution >= 4 is 11.9 Å². The molecule has 0 radical (unpaired) electrons. The average molecular weight is 550 g/mol. The molecule has 1 aromatic heterocycles. The Balaban J connectivity index is 1.27. The summed E-state index contributed by atoms with van der Waals surface area (Å²) >= 11 is 0. The van der Waals surface area contributed by atoms with Crippen LogP contribution in [-0.4, -0.2) is 39.1 Å². The Morgan fingerprint density at radius 1 is 1.00 bits per heavy atom. The van der Waals surface area contributed by atoms with Gasteiger partial charge in [-0.3, -0.25) is 4.79 Å². The van der Waals surface area contributed by atoms with Gasteiger partial charge in [0.05, 0.1) is 0 Å². The van der Waals surface area contributed by atoms with Gasteiger partial charge in [-0.05, 0) is 79.0 Å². The van der Waals surface area contributed by atoms with Crippen molar-refractivity contribution in [3.8, 4) is 22.5 Å². The second-order valence-corrected chi connectivity index (χ2v) is 12.0. The lowest BCUT2D eigenvalue weighted by molar-refractivity contribution is -0.122. The first kappa shape index (κ1) is 26.7. The van der Waals surface area contributed by atoms with E-state index in [2.05, 4.69) is 57.2 Å². The lowest BCUT2D eigenvalue weighted by Crippen LogP contribution is -2.50. The predicted molar refractivity (Wildman–Crippen MR) is 157 cm³/mol. The maximum atomic E-state index is 13.1. The number of hydrogen-bond acceptors (Lipinski definition) is 5. The van der Waals surface area contributed by atoms with E-state index in [0.717, 1.165) is 40.7 Å². The summed E-state index contributed by atoms with van der Waals surface area (Å²) in [7, 11) is 0. The van der Waals surface area contributed by atoms with Crippen molar-refractivity contribution < 1.29 is 14.1 Å². The van der Waals surface area contributed by atoms with Gasteiger partial charge in [0.15, 0.2) is 0 Å². The summed E-state index contributed by atoms with van der Waals surface area (Å²) < 4.78 is 4.95. The lowest BCUT2D eigenvalue weighted by atomic mass is 9.87. The quantitative estimate of drug-likeness (QED) is 0.322. The first-order valence-corrected chi connectivity index (χ1v) is 14.2. The summed E-state index contributed by atoms with van der Waals surface area (Å²) in [5.74, 6) is 0.923. The van der Waals surface area contributed by atoms with Crippen LogP contribution in [0.2, 0.25) is 0 Å². The molecular formula is C33H35N5O3. The minimum atomic E-state index is -0.328. The molecule has 1 aliphatic carbocycles. The number of carbonyl (C=O) groups is 2. The second kappa shape index (κ2) is 10.8. The molecule has 2 N–H and O–H groups in total. The fourth-order valence-electron chi connectivity index (χ4n) is 5.74. The van der Waals surface area contributed by atoms with E-state index in [1.807, 2.05) is 56.0 Å². The number of urea groups is 1. The van der Waals surface area contributed by atoms with Crippen molar-refractivity contribution in [3.05, 3.63) is 95.4 Å². The largest absolute Gasteiger partial charge is 0.352 e. The SMILES string of the molecule is CC(C)(C)NC(=O)N1CCc2c(-c3cccc(-c4ncon4)c3)ccc(CNC(=O)[C@H]3C[C@@H]3c3ccccc3)c2C1. The van der Waals surface area contributed by atoms with Gasteiger partial charge in [-0.2, -0.15) is 4.98 Å². The number of hydrogen-bond donors (Lipinski definition) is 2. The van der Waals surface area contributed by atoms with E-state index in [1.54, 1.807) is 0 Å².